The van der Waals surface area contributed by atoms with Crippen LogP contribution in [0.5, 0.6) is 11.5 Å². The highest BCUT2D eigenvalue weighted by molar-refractivity contribution is 5.59. The van der Waals surface area contributed by atoms with Crippen LogP contribution in [0.3, 0.4) is 0 Å². The van der Waals surface area contributed by atoms with E-state index in [2.05, 4.69) is 6.58 Å². The van der Waals surface area contributed by atoms with Crippen molar-refractivity contribution < 1.29 is 14.6 Å². The minimum Gasteiger partial charge on any atom is -0.454 e. The second kappa shape index (κ2) is 3.82. The van der Waals surface area contributed by atoms with E-state index in [9.17, 15) is 5.11 Å². The van der Waals surface area contributed by atoms with Crippen molar-refractivity contribution in [1.82, 2.24) is 0 Å². The van der Waals surface area contributed by atoms with Crippen LogP contribution >= 0.6 is 0 Å². The van der Waals surface area contributed by atoms with Crippen LogP contribution in [-0.2, 0) is 0 Å². The Kier molecular flexibility index (Phi) is 2.51. The molecule has 1 aromatic carbocycles. The highest BCUT2D eigenvalue weighted by Crippen LogP contribution is 2.38. The van der Waals surface area contributed by atoms with Crippen molar-refractivity contribution in [3.05, 3.63) is 30.4 Å². The summed E-state index contributed by atoms with van der Waals surface area (Å²) in [5.41, 5.74) is 6.95. The largest absolute Gasteiger partial charge is 0.454 e. The lowest BCUT2D eigenvalue weighted by Gasteiger charge is -2.12. The summed E-state index contributed by atoms with van der Waals surface area (Å²) in [5.74, 6) is 1.25. The summed E-state index contributed by atoms with van der Waals surface area (Å²) in [7, 11) is 0. The van der Waals surface area contributed by atoms with Gasteiger partial charge < -0.3 is 20.3 Å². The Hall–Kier alpha value is -1.68. The Morgan fingerprint density at radius 3 is 2.80 bits per heavy atom. The lowest BCUT2D eigenvalue weighted by atomic mass is 10.0. The molecule has 0 aromatic heterocycles. The van der Waals surface area contributed by atoms with Gasteiger partial charge >= 0.3 is 0 Å². The van der Waals surface area contributed by atoms with Gasteiger partial charge in [-0.2, -0.15) is 0 Å². The van der Waals surface area contributed by atoms with E-state index < -0.39 is 6.10 Å². The first kappa shape index (κ1) is 9.86. The highest BCUT2D eigenvalue weighted by atomic mass is 16.7. The maximum Gasteiger partial charge on any atom is 0.231 e. The molecule has 0 spiro atoms. The molecule has 0 saturated carbocycles. The molecular weight excluding hydrogens is 194 g/mol. The SMILES string of the molecule is C=CCC(O)c1cc2c(cc1N)OCO2. The van der Waals surface area contributed by atoms with E-state index in [4.69, 9.17) is 15.2 Å². The Morgan fingerprint density at radius 1 is 1.47 bits per heavy atom. The van der Waals surface area contributed by atoms with Gasteiger partial charge in [0.2, 0.25) is 6.79 Å². The summed E-state index contributed by atoms with van der Waals surface area (Å²) in [6.07, 6.45) is 1.47. The zero-order valence-corrected chi connectivity index (χ0v) is 8.27. The molecule has 1 aromatic rings. The fourth-order valence-electron chi connectivity index (χ4n) is 1.55. The van der Waals surface area contributed by atoms with Crippen LogP contribution in [-0.4, -0.2) is 11.9 Å². The van der Waals surface area contributed by atoms with Crippen molar-refractivity contribution in [2.75, 3.05) is 12.5 Å². The predicted molar refractivity (Wildman–Crippen MR) is 56.8 cm³/mol. The van der Waals surface area contributed by atoms with E-state index in [1.807, 2.05) is 0 Å². The molecule has 2 rings (SSSR count). The van der Waals surface area contributed by atoms with Gasteiger partial charge in [0, 0.05) is 17.3 Å². The van der Waals surface area contributed by atoms with Gasteiger partial charge in [0.15, 0.2) is 11.5 Å². The number of anilines is 1. The molecule has 0 fully saturated rings. The fraction of sp³-hybridized carbons (Fsp3) is 0.273. The molecule has 80 valence electrons. The average molecular weight is 207 g/mol. The van der Waals surface area contributed by atoms with Gasteiger partial charge in [-0.05, 0) is 12.5 Å². The Morgan fingerprint density at radius 2 is 2.13 bits per heavy atom. The number of benzene rings is 1. The zero-order chi connectivity index (χ0) is 10.8. The van der Waals surface area contributed by atoms with E-state index in [-0.39, 0.29) is 6.79 Å². The molecule has 4 heteroatoms. The van der Waals surface area contributed by atoms with Gasteiger partial charge in [-0.3, -0.25) is 0 Å². The van der Waals surface area contributed by atoms with Crippen LogP contribution in [0.1, 0.15) is 18.1 Å². The summed E-state index contributed by atoms with van der Waals surface area (Å²) < 4.78 is 10.4. The summed E-state index contributed by atoms with van der Waals surface area (Å²) in [6.45, 7) is 3.78. The standard InChI is InChI=1S/C11H13NO3/c1-2-3-9(13)7-4-10-11(5-8(7)12)15-6-14-10/h2,4-5,9,13H,1,3,6,12H2. The van der Waals surface area contributed by atoms with Gasteiger partial charge in [0.05, 0.1) is 6.10 Å². The third-order valence-corrected chi connectivity index (χ3v) is 2.33. The van der Waals surface area contributed by atoms with Crippen molar-refractivity contribution in [3.8, 4) is 11.5 Å². The van der Waals surface area contributed by atoms with E-state index in [1.165, 1.54) is 0 Å². The number of ether oxygens (including phenoxy) is 2. The van der Waals surface area contributed by atoms with E-state index >= 15 is 0 Å². The van der Waals surface area contributed by atoms with Crippen LogP contribution in [0.2, 0.25) is 0 Å². The van der Waals surface area contributed by atoms with Crippen LogP contribution in [0.25, 0.3) is 0 Å². The Balaban J connectivity index is 2.35. The van der Waals surface area contributed by atoms with Crippen LogP contribution < -0.4 is 15.2 Å². The highest BCUT2D eigenvalue weighted by Gasteiger charge is 2.19. The van der Waals surface area contributed by atoms with Crippen molar-refractivity contribution in [2.45, 2.75) is 12.5 Å². The first-order valence-electron chi connectivity index (χ1n) is 4.70. The molecule has 0 amide bonds. The molecule has 1 aliphatic rings. The molecule has 0 saturated heterocycles. The number of hydrogen-bond donors (Lipinski definition) is 2. The quantitative estimate of drug-likeness (QED) is 0.583. The smallest absolute Gasteiger partial charge is 0.231 e. The van der Waals surface area contributed by atoms with Crippen molar-refractivity contribution in [1.29, 1.82) is 0 Å². The molecule has 0 bridgehead atoms. The first-order valence-corrected chi connectivity index (χ1v) is 4.70. The molecule has 1 atom stereocenters. The number of fused-ring (bicyclic) bond motifs is 1. The van der Waals surface area contributed by atoms with Gasteiger partial charge in [0.25, 0.3) is 0 Å². The molecule has 3 N–H and O–H groups in total. The third-order valence-electron chi connectivity index (χ3n) is 2.33. The van der Waals surface area contributed by atoms with E-state index in [0.717, 1.165) is 0 Å². The molecule has 1 unspecified atom stereocenters. The molecule has 0 aliphatic carbocycles. The molecule has 1 heterocycles. The third kappa shape index (κ3) is 1.76. The van der Waals surface area contributed by atoms with Crippen molar-refractivity contribution >= 4 is 5.69 Å². The zero-order valence-electron chi connectivity index (χ0n) is 8.27. The molecule has 15 heavy (non-hydrogen) atoms. The van der Waals surface area contributed by atoms with Crippen LogP contribution in [0, 0.1) is 0 Å². The normalized spacial score (nSPS) is 15.0. The predicted octanol–water partition coefficient (Wildman–Crippen LogP) is 1.61. The number of hydrogen-bond acceptors (Lipinski definition) is 4. The average Bonchev–Trinajstić information content (AvgIpc) is 2.63. The molecule has 4 nitrogen and oxygen atoms in total. The number of nitrogen functional groups attached to an aromatic ring is 1. The van der Waals surface area contributed by atoms with Crippen LogP contribution in [0.4, 0.5) is 5.69 Å². The summed E-state index contributed by atoms with van der Waals surface area (Å²) in [4.78, 5) is 0. The van der Waals surface area contributed by atoms with Gasteiger partial charge in [-0.1, -0.05) is 6.08 Å². The molecule has 0 radical (unpaired) electrons. The maximum absolute atomic E-state index is 9.78. The Bertz CT molecular complexity index is 390. The summed E-state index contributed by atoms with van der Waals surface area (Å²) in [5, 5.41) is 9.78. The Labute approximate surface area is 87.9 Å². The monoisotopic (exact) mass is 207 g/mol. The fourth-order valence-corrected chi connectivity index (χ4v) is 1.55. The van der Waals surface area contributed by atoms with E-state index in [0.29, 0.717) is 29.2 Å². The van der Waals surface area contributed by atoms with E-state index in [1.54, 1.807) is 18.2 Å². The van der Waals surface area contributed by atoms with Gasteiger partial charge in [0.1, 0.15) is 0 Å². The number of aliphatic hydroxyl groups is 1. The van der Waals surface area contributed by atoms with Gasteiger partial charge in [-0.25, -0.2) is 0 Å². The number of rotatable bonds is 3. The number of aliphatic hydroxyl groups excluding tert-OH is 1. The summed E-state index contributed by atoms with van der Waals surface area (Å²) >= 11 is 0. The second-order valence-corrected chi connectivity index (χ2v) is 3.37. The van der Waals surface area contributed by atoms with Crippen molar-refractivity contribution in [3.63, 3.8) is 0 Å². The molecule has 1 aliphatic heterocycles. The first-order chi connectivity index (χ1) is 7.22. The minimum absolute atomic E-state index is 0.204. The van der Waals surface area contributed by atoms with Crippen molar-refractivity contribution in [2.24, 2.45) is 0 Å². The van der Waals surface area contributed by atoms with Crippen LogP contribution in [0.15, 0.2) is 24.8 Å². The minimum atomic E-state index is -0.642. The summed E-state index contributed by atoms with van der Waals surface area (Å²) in [6, 6.07) is 3.38. The van der Waals surface area contributed by atoms with Gasteiger partial charge in [-0.15, -0.1) is 6.58 Å². The maximum atomic E-state index is 9.78. The molecular formula is C11H13NO3. The lowest BCUT2D eigenvalue weighted by Crippen LogP contribution is -2.01. The topological polar surface area (TPSA) is 64.7 Å². The number of nitrogens with two attached hydrogens (primary N) is 1. The second-order valence-electron chi connectivity index (χ2n) is 3.37. The lowest BCUT2D eigenvalue weighted by molar-refractivity contribution is 0.172.